The summed E-state index contributed by atoms with van der Waals surface area (Å²) in [4.78, 5) is 2.54. The molecule has 2 rings (SSSR count). The van der Waals surface area contributed by atoms with Crippen LogP contribution in [0.25, 0.3) is 0 Å². The maximum atomic E-state index is 5.18. The molecular formula is C15H24N2O. The van der Waals surface area contributed by atoms with Gasteiger partial charge < -0.3 is 10.1 Å². The summed E-state index contributed by atoms with van der Waals surface area (Å²) in [5, 5.41) is 3.59. The third-order valence-electron chi connectivity index (χ3n) is 3.54. The lowest BCUT2D eigenvalue weighted by molar-refractivity contribution is 0.187. The molecule has 3 heteroatoms. The molecule has 0 aromatic heterocycles. The number of benzene rings is 1. The molecule has 0 radical (unpaired) electrons. The molecule has 1 aromatic carbocycles. The Morgan fingerprint density at radius 3 is 2.78 bits per heavy atom. The standard InChI is InChI=1S/C15H24N2O/c1-3-4-14-12-17(10-9-16-14)11-13-5-7-15(18-2)8-6-13/h5-8,14,16H,3-4,9-12H2,1-2H3. The van der Waals surface area contributed by atoms with E-state index in [1.807, 2.05) is 12.1 Å². The largest absolute Gasteiger partial charge is 0.497 e. The van der Waals surface area contributed by atoms with Crippen molar-refractivity contribution >= 4 is 0 Å². The lowest BCUT2D eigenvalue weighted by Crippen LogP contribution is -2.50. The van der Waals surface area contributed by atoms with Crippen molar-refractivity contribution in [1.29, 1.82) is 0 Å². The van der Waals surface area contributed by atoms with Gasteiger partial charge in [-0.2, -0.15) is 0 Å². The van der Waals surface area contributed by atoms with E-state index in [4.69, 9.17) is 4.74 Å². The first-order valence-corrected chi connectivity index (χ1v) is 6.90. The second-order valence-corrected chi connectivity index (χ2v) is 5.02. The second kappa shape index (κ2) is 6.76. The second-order valence-electron chi connectivity index (χ2n) is 5.02. The Morgan fingerprint density at radius 2 is 2.11 bits per heavy atom. The van der Waals surface area contributed by atoms with Gasteiger partial charge in [0.25, 0.3) is 0 Å². The van der Waals surface area contributed by atoms with E-state index in [1.54, 1.807) is 7.11 Å². The first-order chi connectivity index (χ1) is 8.81. The smallest absolute Gasteiger partial charge is 0.118 e. The summed E-state index contributed by atoms with van der Waals surface area (Å²) in [6.45, 7) is 6.73. The number of hydrogen-bond donors (Lipinski definition) is 1. The van der Waals surface area contributed by atoms with Crippen LogP contribution in [0.5, 0.6) is 5.75 Å². The zero-order chi connectivity index (χ0) is 12.8. The van der Waals surface area contributed by atoms with Crippen LogP contribution < -0.4 is 10.1 Å². The van der Waals surface area contributed by atoms with Crippen LogP contribution in [0.1, 0.15) is 25.3 Å². The van der Waals surface area contributed by atoms with Crippen LogP contribution >= 0.6 is 0 Å². The Labute approximate surface area is 110 Å². The summed E-state index contributed by atoms with van der Waals surface area (Å²) in [5.41, 5.74) is 1.37. The average molecular weight is 248 g/mol. The van der Waals surface area contributed by atoms with Crippen molar-refractivity contribution in [3.8, 4) is 5.75 Å². The SMILES string of the molecule is CCCC1CN(Cc2ccc(OC)cc2)CCN1. The lowest BCUT2D eigenvalue weighted by atomic mass is 10.1. The van der Waals surface area contributed by atoms with Gasteiger partial charge in [0, 0.05) is 32.2 Å². The fourth-order valence-corrected chi connectivity index (χ4v) is 2.57. The molecule has 1 N–H and O–H groups in total. The van der Waals surface area contributed by atoms with E-state index < -0.39 is 0 Å². The van der Waals surface area contributed by atoms with Crippen molar-refractivity contribution in [1.82, 2.24) is 10.2 Å². The van der Waals surface area contributed by atoms with Crippen LogP contribution in [0.2, 0.25) is 0 Å². The van der Waals surface area contributed by atoms with Gasteiger partial charge in [0.1, 0.15) is 5.75 Å². The average Bonchev–Trinajstić information content (AvgIpc) is 2.40. The van der Waals surface area contributed by atoms with Crippen molar-refractivity contribution in [2.24, 2.45) is 0 Å². The van der Waals surface area contributed by atoms with Gasteiger partial charge in [-0.25, -0.2) is 0 Å². The van der Waals surface area contributed by atoms with E-state index in [2.05, 4.69) is 29.3 Å². The van der Waals surface area contributed by atoms with Crippen LogP contribution in [0, 0.1) is 0 Å². The normalized spacial score (nSPS) is 20.9. The minimum Gasteiger partial charge on any atom is -0.497 e. The highest BCUT2D eigenvalue weighted by Crippen LogP contribution is 2.14. The van der Waals surface area contributed by atoms with Gasteiger partial charge in [0.2, 0.25) is 0 Å². The molecule has 18 heavy (non-hydrogen) atoms. The highest BCUT2D eigenvalue weighted by Gasteiger charge is 2.18. The monoisotopic (exact) mass is 248 g/mol. The topological polar surface area (TPSA) is 24.5 Å². The fraction of sp³-hybridized carbons (Fsp3) is 0.600. The molecule has 0 bridgehead atoms. The van der Waals surface area contributed by atoms with Gasteiger partial charge in [-0.1, -0.05) is 25.5 Å². The maximum Gasteiger partial charge on any atom is 0.118 e. The van der Waals surface area contributed by atoms with Crippen LogP contribution in [0.3, 0.4) is 0 Å². The predicted octanol–water partition coefficient (Wildman–Crippen LogP) is 2.27. The van der Waals surface area contributed by atoms with Crippen molar-refractivity contribution in [2.75, 3.05) is 26.7 Å². The molecule has 0 saturated carbocycles. The molecule has 1 unspecified atom stereocenters. The Morgan fingerprint density at radius 1 is 1.33 bits per heavy atom. The first-order valence-electron chi connectivity index (χ1n) is 6.90. The minimum absolute atomic E-state index is 0.669. The van der Waals surface area contributed by atoms with Gasteiger partial charge in [-0.3, -0.25) is 4.90 Å². The number of piperazine rings is 1. The van der Waals surface area contributed by atoms with Gasteiger partial charge in [-0.05, 0) is 24.1 Å². The number of ether oxygens (including phenoxy) is 1. The van der Waals surface area contributed by atoms with Crippen molar-refractivity contribution in [2.45, 2.75) is 32.4 Å². The maximum absolute atomic E-state index is 5.18. The summed E-state index contributed by atoms with van der Waals surface area (Å²) in [5.74, 6) is 0.933. The Bertz CT molecular complexity index is 348. The van der Waals surface area contributed by atoms with Crippen LogP contribution in [-0.4, -0.2) is 37.7 Å². The molecule has 1 aromatic rings. The summed E-state index contributed by atoms with van der Waals surface area (Å²) < 4.78 is 5.18. The Hall–Kier alpha value is -1.06. The van der Waals surface area contributed by atoms with Crippen molar-refractivity contribution < 1.29 is 4.74 Å². The molecule has 1 aliphatic rings. The summed E-state index contributed by atoms with van der Waals surface area (Å²) in [6, 6.07) is 9.08. The van der Waals surface area contributed by atoms with Crippen LogP contribution in [0.4, 0.5) is 0 Å². The molecule has 100 valence electrons. The summed E-state index contributed by atoms with van der Waals surface area (Å²) >= 11 is 0. The molecule has 1 fully saturated rings. The van der Waals surface area contributed by atoms with Crippen molar-refractivity contribution in [3.63, 3.8) is 0 Å². The number of hydrogen-bond acceptors (Lipinski definition) is 3. The number of methoxy groups -OCH3 is 1. The predicted molar refractivity (Wildman–Crippen MR) is 75.0 cm³/mol. The minimum atomic E-state index is 0.669. The van der Waals surface area contributed by atoms with E-state index in [1.165, 1.54) is 24.9 Å². The molecule has 0 amide bonds. The van der Waals surface area contributed by atoms with Crippen LogP contribution in [-0.2, 0) is 6.54 Å². The van der Waals surface area contributed by atoms with Gasteiger partial charge in [0.15, 0.2) is 0 Å². The lowest BCUT2D eigenvalue weighted by Gasteiger charge is -2.33. The highest BCUT2D eigenvalue weighted by molar-refractivity contribution is 5.27. The third-order valence-corrected chi connectivity index (χ3v) is 3.54. The zero-order valence-corrected chi connectivity index (χ0v) is 11.5. The highest BCUT2D eigenvalue weighted by atomic mass is 16.5. The molecule has 1 saturated heterocycles. The van der Waals surface area contributed by atoms with E-state index >= 15 is 0 Å². The van der Waals surface area contributed by atoms with Crippen molar-refractivity contribution in [3.05, 3.63) is 29.8 Å². The molecule has 1 heterocycles. The Kier molecular flexibility index (Phi) is 5.02. The van der Waals surface area contributed by atoms with Crippen LogP contribution in [0.15, 0.2) is 24.3 Å². The fourth-order valence-electron chi connectivity index (χ4n) is 2.57. The van der Waals surface area contributed by atoms with E-state index in [-0.39, 0.29) is 0 Å². The van der Waals surface area contributed by atoms with E-state index in [9.17, 15) is 0 Å². The Balaban J connectivity index is 1.87. The molecule has 0 aliphatic carbocycles. The zero-order valence-electron chi connectivity index (χ0n) is 11.5. The number of rotatable bonds is 5. The summed E-state index contributed by atoms with van der Waals surface area (Å²) in [6.07, 6.45) is 2.53. The molecule has 1 aliphatic heterocycles. The summed E-state index contributed by atoms with van der Waals surface area (Å²) in [7, 11) is 1.71. The van der Waals surface area contributed by atoms with Gasteiger partial charge in [0.05, 0.1) is 7.11 Å². The number of nitrogens with one attached hydrogen (secondary N) is 1. The number of nitrogens with zero attached hydrogens (tertiary/aromatic N) is 1. The van der Waals surface area contributed by atoms with E-state index in [0.29, 0.717) is 6.04 Å². The van der Waals surface area contributed by atoms with Gasteiger partial charge >= 0.3 is 0 Å². The molecular weight excluding hydrogens is 224 g/mol. The quantitative estimate of drug-likeness (QED) is 0.865. The van der Waals surface area contributed by atoms with Gasteiger partial charge in [-0.15, -0.1) is 0 Å². The third kappa shape index (κ3) is 3.72. The molecule has 1 atom stereocenters. The molecule has 3 nitrogen and oxygen atoms in total. The van der Waals surface area contributed by atoms with E-state index in [0.717, 1.165) is 25.4 Å². The first kappa shape index (κ1) is 13.4. The molecule has 0 spiro atoms.